The number of nitrogen functional groups attached to an aromatic ring is 1. The largest absolute Gasteiger partial charge is 0.384 e. The fourth-order valence-corrected chi connectivity index (χ4v) is 2.08. The fourth-order valence-electron chi connectivity index (χ4n) is 0.997. The van der Waals surface area contributed by atoms with Crippen molar-refractivity contribution in [3.63, 3.8) is 0 Å². The molecule has 3 nitrogen and oxygen atoms in total. The minimum atomic E-state index is 0.0538. The molecular formula is C9H15N3S. The van der Waals surface area contributed by atoms with Crippen molar-refractivity contribution < 1.29 is 0 Å². The van der Waals surface area contributed by atoms with E-state index in [2.05, 4.69) is 13.8 Å². The number of thiophene rings is 1. The van der Waals surface area contributed by atoms with Gasteiger partial charge in [-0.15, -0.1) is 11.3 Å². The standard InChI is InChI=1S/C9H15N3S/c1-5(2)8(10)7-3-6(4-13-7)9(11)12/h3-5,8H,10H2,1-2H3,(H3,11,12)/t8-/m1/s1. The smallest absolute Gasteiger partial charge is 0.123 e. The van der Waals surface area contributed by atoms with Gasteiger partial charge in [0.05, 0.1) is 0 Å². The van der Waals surface area contributed by atoms with Gasteiger partial charge < -0.3 is 11.5 Å². The highest BCUT2D eigenvalue weighted by atomic mass is 32.1. The van der Waals surface area contributed by atoms with E-state index in [9.17, 15) is 0 Å². The Bertz CT molecular complexity index is 304. The van der Waals surface area contributed by atoms with Crippen LogP contribution in [0.25, 0.3) is 0 Å². The van der Waals surface area contributed by atoms with Crippen LogP contribution >= 0.6 is 11.3 Å². The van der Waals surface area contributed by atoms with Crippen LogP contribution in [0.15, 0.2) is 11.4 Å². The first kappa shape index (κ1) is 10.2. The van der Waals surface area contributed by atoms with E-state index in [0.29, 0.717) is 5.92 Å². The highest BCUT2D eigenvalue weighted by molar-refractivity contribution is 7.10. The Morgan fingerprint density at radius 2 is 2.15 bits per heavy atom. The fraction of sp³-hybridized carbons (Fsp3) is 0.444. The predicted molar refractivity (Wildman–Crippen MR) is 57.1 cm³/mol. The average Bonchev–Trinajstić information content (AvgIpc) is 2.50. The van der Waals surface area contributed by atoms with Crippen molar-refractivity contribution in [1.29, 1.82) is 5.41 Å². The van der Waals surface area contributed by atoms with Gasteiger partial charge in [0.25, 0.3) is 0 Å². The topological polar surface area (TPSA) is 75.9 Å². The normalized spacial score (nSPS) is 13.2. The SMILES string of the molecule is CC(C)[C@@H](N)c1cc(C(=N)N)cs1. The zero-order valence-corrected chi connectivity index (χ0v) is 8.69. The first-order valence-electron chi connectivity index (χ1n) is 4.20. The highest BCUT2D eigenvalue weighted by Crippen LogP contribution is 2.25. The summed E-state index contributed by atoms with van der Waals surface area (Å²) in [4.78, 5) is 1.10. The van der Waals surface area contributed by atoms with Gasteiger partial charge in [-0.25, -0.2) is 0 Å². The second-order valence-electron chi connectivity index (χ2n) is 3.42. The Kier molecular flexibility index (Phi) is 3.06. The maximum absolute atomic E-state index is 7.24. The molecule has 1 aromatic rings. The Labute approximate surface area is 82.3 Å². The lowest BCUT2D eigenvalue weighted by Crippen LogP contribution is -2.15. The van der Waals surface area contributed by atoms with Gasteiger partial charge in [-0.1, -0.05) is 13.8 Å². The summed E-state index contributed by atoms with van der Waals surface area (Å²) in [5, 5.41) is 9.12. The van der Waals surface area contributed by atoms with Gasteiger partial charge in [-0.2, -0.15) is 0 Å². The molecule has 0 fully saturated rings. The van der Waals surface area contributed by atoms with Crippen LogP contribution in [0.2, 0.25) is 0 Å². The molecule has 4 heteroatoms. The van der Waals surface area contributed by atoms with Gasteiger partial charge in [-0.05, 0) is 12.0 Å². The Balaban J connectivity index is 2.85. The summed E-state index contributed by atoms with van der Waals surface area (Å²) in [5.41, 5.74) is 12.1. The Morgan fingerprint density at radius 3 is 2.54 bits per heavy atom. The summed E-state index contributed by atoms with van der Waals surface area (Å²) in [6, 6.07) is 1.95. The van der Waals surface area contributed by atoms with Crippen LogP contribution in [-0.4, -0.2) is 5.84 Å². The van der Waals surface area contributed by atoms with Crippen LogP contribution in [0.1, 0.15) is 30.3 Å². The van der Waals surface area contributed by atoms with Gasteiger partial charge in [0.15, 0.2) is 0 Å². The van der Waals surface area contributed by atoms with Crippen molar-refractivity contribution in [3.8, 4) is 0 Å². The van der Waals surface area contributed by atoms with Crippen LogP contribution in [0.4, 0.5) is 0 Å². The molecule has 0 amide bonds. The molecule has 1 aromatic heterocycles. The lowest BCUT2D eigenvalue weighted by molar-refractivity contribution is 0.521. The van der Waals surface area contributed by atoms with Gasteiger partial charge in [0.2, 0.25) is 0 Å². The molecule has 0 saturated heterocycles. The number of nitrogens with one attached hydrogen (secondary N) is 1. The quantitative estimate of drug-likeness (QED) is 0.509. The van der Waals surface area contributed by atoms with Crippen LogP contribution in [0, 0.1) is 11.3 Å². The molecular weight excluding hydrogens is 182 g/mol. The first-order chi connectivity index (χ1) is 6.02. The van der Waals surface area contributed by atoms with E-state index in [4.69, 9.17) is 16.9 Å². The third kappa shape index (κ3) is 2.29. The first-order valence-corrected chi connectivity index (χ1v) is 5.08. The molecule has 1 rings (SSSR count). The zero-order valence-electron chi connectivity index (χ0n) is 7.87. The van der Waals surface area contributed by atoms with Gasteiger partial charge >= 0.3 is 0 Å². The van der Waals surface area contributed by atoms with Gasteiger partial charge in [0, 0.05) is 21.9 Å². The molecule has 0 aliphatic rings. The van der Waals surface area contributed by atoms with Crippen molar-refractivity contribution in [2.45, 2.75) is 19.9 Å². The lowest BCUT2D eigenvalue weighted by Gasteiger charge is -2.12. The molecule has 0 bridgehead atoms. The van der Waals surface area contributed by atoms with E-state index >= 15 is 0 Å². The van der Waals surface area contributed by atoms with Crippen LogP contribution in [0.3, 0.4) is 0 Å². The third-order valence-corrected chi connectivity index (χ3v) is 3.01. The molecule has 0 aliphatic carbocycles. The van der Waals surface area contributed by atoms with Crippen molar-refractivity contribution in [2.75, 3.05) is 0 Å². The van der Waals surface area contributed by atoms with E-state index in [1.807, 2.05) is 11.4 Å². The third-order valence-electron chi connectivity index (χ3n) is 1.98. The lowest BCUT2D eigenvalue weighted by atomic mass is 10.0. The minimum Gasteiger partial charge on any atom is -0.384 e. The molecule has 0 radical (unpaired) electrons. The number of hydrogen-bond donors (Lipinski definition) is 3. The molecule has 1 atom stereocenters. The molecule has 1 heterocycles. The van der Waals surface area contributed by atoms with E-state index in [1.54, 1.807) is 11.3 Å². The molecule has 0 aliphatic heterocycles. The second-order valence-corrected chi connectivity index (χ2v) is 4.36. The monoisotopic (exact) mass is 197 g/mol. The number of rotatable bonds is 3. The second kappa shape index (κ2) is 3.89. The van der Waals surface area contributed by atoms with Crippen molar-refractivity contribution in [2.24, 2.45) is 17.4 Å². The summed E-state index contributed by atoms with van der Waals surface area (Å²) in [5.74, 6) is 0.525. The van der Waals surface area contributed by atoms with E-state index in [0.717, 1.165) is 10.4 Å². The summed E-state index contributed by atoms with van der Waals surface area (Å²) in [7, 11) is 0. The molecule has 0 spiro atoms. The van der Waals surface area contributed by atoms with Crippen LogP contribution < -0.4 is 11.5 Å². The maximum Gasteiger partial charge on any atom is 0.123 e. The van der Waals surface area contributed by atoms with E-state index in [1.165, 1.54) is 0 Å². The summed E-state index contributed by atoms with van der Waals surface area (Å²) < 4.78 is 0. The molecule has 0 aromatic carbocycles. The number of amidine groups is 1. The zero-order chi connectivity index (χ0) is 10.0. The highest BCUT2D eigenvalue weighted by Gasteiger charge is 2.13. The maximum atomic E-state index is 7.24. The van der Waals surface area contributed by atoms with Crippen LogP contribution in [0.5, 0.6) is 0 Å². The van der Waals surface area contributed by atoms with Crippen molar-refractivity contribution >= 4 is 17.2 Å². The van der Waals surface area contributed by atoms with Gasteiger partial charge in [-0.3, -0.25) is 5.41 Å². The molecule has 0 saturated carbocycles. The van der Waals surface area contributed by atoms with Gasteiger partial charge in [0.1, 0.15) is 5.84 Å². The predicted octanol–water partition coefficient (Wildman–Crippen LogP) is 1.69. The minimum absolute atomic E-state index is 0.0538. The number of nitrogens with two attached hydrogens (primary N) is 2. The average molecular weight is 197 g/mol. The molecule has 72 valence electrons. The summed E-state index contributed by atoms with van der Waals surface area (Å²) >= 11 is 1.57. The number of hydrogen-bond acceptors (Lipinski definition) is 3. The summed E-state index contributed by atoms with van der Waals surface area (Å²) in [6.45, 7) is 4.16. The summed E-state index contributed by atoms with van der Waals surface area (Å²) in [6.07, 6.45) is 0. The van der Waals surface area contributed by atoms with Crippen molar-refractivity contribution in [3.05, 3.63) is 21.9 Å². The molecule has 13 heavy (non-hydrogen) atoms. The molecule has 5 N–H and O–H groups in total. The van der Waals surface area contributed by atoms with Crippen LogP contribution in [-0.2, 0) is 0 Å². The Hall–Kier alpha value is -0.870. The van der Waals surface area contributed by atoms with E-state index in [-0.39, 0.29) is 11.9 Å². The molecule has 0 unspecified atom stereocenters. The Morgan fingerprint density at radius 1 is 1.54 bits per heavy atom. The van der Waals surface area contributed by atoms with E-state index < -0.39 is 0 Å². The van der Waals surface area contributed by atoms with Crippen molar-refractivity contribution in [1.82, 2.24) is 0 Å².